The lowest BCUT2D eigenvalue weighted by molar-refractivity contribution is -0.185. The zero-order valence-electron chi connectivity index (χ0n) is 25.1. The Hall–Kier alpha value is -3.71. The molecule has 43 heavy (non-hydrogen) atoms. The fraction of sp³-hybridized carbons (Fsp3) is 0.633. The number of nitrogens with one attached hydrogen (secondary N) is 1. The largest absolute Gasteiger partial charge is 0.477 e. The highest BCUT2D eigenvalue weighted by Crippen LogP contribution is 2.64. The van der Waals surface area contributed by atoms with E-state index in [-0.39, 0.29) is 54.6 Å². The lowest BCUT2D eigenvalue weighted by atomic mass is 9.49. The Balaban J connectivity index is 1.24. The van der Waals surface area contributed by atoms with E-state index in [0.717, 1.165) is 17.7 Å². The number of hydrogen-bond donors (Lipinski definition) is 4. The SMILES string of the molecule is CC(=O)N[C@@H](CCCN=C(N)N)C(=O)CCCN(C)C(=O)Oc1ccc2c3c1O[C@H]1C(=O)CC[C@@]4(O)[C@@H](C2)N(C)CC[C@]314. The van der Waals surface area contributed by atoms with Gasteiger partial charge in [-0.3, -0.25) is 19.4 Å². The summed E-state index contributed by atoms with van der Waals surface area (Å²) in [5.74, 6) is 0.0656. The number of likely N-dealkylation sites (N-methyl/N-ethyl adjacent to an activating group) is 1. The summed E-state index contributed by atoms with van der Waals surface area (Å²) in [6.45, 7) is 2.67. The van der Waals surface area contributed by atoms with E-state index in [1.807, 2.05) is 13.1 Å². The average molecular weight is 599 g/mol. The van der Waals surface area contributed by atoms with Crippen LogP contribution in [0.2, 0.25) is 0 Å². The highest BCUT2D eigenvalue weighted by Gasteiger charge is 2.72. The normalized spacial score (nSPS) is 27.4. The maximum absolute atomic E-state index is 13.1. The molecule has 13 heteroatoms. The van der Waals surface area contributed by atoms with Crippen LogP contribution in [0.3, 0.4) is 0 Å². The molecule has 2 fully saturated rings. The van der Waals surface area contributed by atoms with Crippen molar-refractivity contribution in [2.24, 2.45) is 16.5 Å². The van der Waals surface area contributed by atoms with Crippen LogP contribution >= 0.6 is 0 Å². The van der Waals surface area contributed by atoms with E-state index in [4.69, 9.17) is 20.9 Å². The molecule has 1 spiro atoms. The minimum absolute atomic E-state index is 0.0310. The van der Waals surface area contributed by atoms with E-state index in [2.05, 4.69) is 15.2 Å². The van der Waals surface area contributed by atoms with Crippen molar-refractivity contribution in [3.05, 3.63) is 23.3 Å². The van der Waals surface area contributed by atoms with Crippen LogP contribution in [0.4, 0.5) is 4.79 Å². The maximum Gasteiger partial charge on any atom is 0.415 e. The van der Waals surface area contributed by atoms with Crippen molar-refractivity contribution in [1.82, 2.24) is 15.1 Å². The summed E-state index contributed by atoms with van der Waals surface area (Å²) in [5, 5.41) is 14.8. The Labute approximate surface area is 250 Å². The molecule has 1 aromatic rings. The molecule has 2 aliphatic carbocycles. The lowest BCUT2D eigenvalue weighted by Crippen LogP contribution is -2.76. The molecule has 0 radical (unpaired) electrons. The fourth-order valence-electron chi connectivity index (χ4n) is 7.60. The van der Waals surface area contributed by atoms with Crippen LogP contribution < -0.4 is 26.3 Å². The van der Waals surface area contributed by atoms with Gasteiger partial charge >= 0.3 is 6.09 Å². The van der Waals surface area contributed by atoms with Crippen molar-refractivity contribution in [3.63, 3.8) is 0 Å². The number of Topliss-reactive ketones (excluding diaryl/α,β-unsaturated/α-hetero) is 2. The zero-order valence-corrected chi connectivity index (χ0v) is 25.1. The second-order valence-corrected chi connectivity index (χ2v) is 12.3. The molecule has 234 valence electrons. The van der Waals surface area contributed by atoms with Crippen molar-refractivity contribution in [3.8, 4) is 11.5 Å². The molecule has 1 saturated heterocycles. The molecule has 5 rings (SSSR count). The summed E-state index contributed by atoms with van der Waals surface area (Å²) in [7, 11) is 3.59. The molecule has 2 bridgehead atoms. The molecular formula is C30H42N6O7. The molecule has 2 aliphatic heterocycles. The number of hydrogen-bond acceptors (Lipinski definition) is 9. The minimum Gasteiger partial charge on any atom is -0.477 e. The van der Waals surface area contributed by atoms with Gasteiger partial charge in [0, 0.05) is 51.5 Å². The number of carbonyl (C=O) groups excluding carboxylic acids is 4. The quantitative estimate of drug-likeness (QED) is 0.157. The minimum atomic E-state index is -1.11. The molecule has 1 saturated carbocycles. The van der Waals surface area contributed by atoms with Crippen molar-refractivity contribution >= 4 is 29.5 Å². The third kappa shape index (κ3) is 5.33. The fourth-order valence-corrected chi connectivity index (χ4v) is 7.60. The molecule has 0 aromatic heterocycles. The third-order valence-electron chi connectivity index (χ3n) is 9.65. The summed E-state index contributed by atoms with van der Waals surface area (Å²) < 4.78 is 12.1. The summed E-state index contributed by atoms with van der Waals surface area (Å²) in [4.78, 5) is 58.1. The second-order valence-electron chi connectivity index (χ2n) is 12.3. The second kappa shape index (κ2) is 11.8. The summed E-state index contributed by atoms with van der Waals surface area (Å²) in [5.41, 5.74) is 10.5. The van der Waals surface area contributed by atoms with Crippen LogP contribution in [-0.4, -0.2) is 102 Å². The van der Waals surface area contributed by atoms with E-state index >= 15 is 0 Å². The smallest absolute Gasteiger partial charge is 0.415 e. The van der Waals surface area contributed by atoms with Crippen LogP contribution in [0.1, 0.15) is 63.0 Å². The van der Waals surface area contributed by atoms with Crippen LogP contribution in [0.5, 0.6) is 11.5 Å². The Morgan fingerprint density at radius 1 is 1.28 bits per heavy atom. The molecule has 4 aliphatic rings. The summed E-state index contributed by atoms with van der Waals surface area (Å²) in [6, 6.07) is 2.82. The van der Waals surface area contributed by atoms with E-state index in [1.54, 1.807) is 13.1 Å². The number of nitrogens with zero attached hydrogens (tertiary/aromatic N) is 3. The topological polar surface area (TPSA) is 190 Å². The molecular weight excluding hydrogens is 556 g/mol. The van der Waals surface area contributed by atoms with Gasteiger partial charge in [0.15, 0.2) is 35.1 Å². The number of benzene rings is 1. The number of guanidine groups is 1. The van der Waals surface area contributed by atoms with Crippen molar-refractivity contribution < 1.29 is 33.8 Å². The predicted molar refractivity (Wildman–Crippen MR) is 157 cm³/mol. The first-order chi connectivity index (χ1) is 20.4. The molecule has 2 heterocycles. The molecule has 5 atom stereocenters. The number of aliphatic hydroxyl groups is 1. The predicted octanol–water partition coefficient (Wildman–Crippen LogP) is 0.378. The van der Waals surface area contributed by atoms with Crippen molar-refractivity contribution in [1.29, 1.82) is 0 Å². The molecule has 6 N–H and O–H groups in total. The van der Waals surface area contributed by atoms with Gasteiger partial charge in [-0.15, -0.1) is 0 Å². The molecule has 13 nitrogen and oxygen atoms in total. The monoisotopic (exact) mass is 598 g/mol. The average Bonchev–Trinajstić information content (AvgIpc) is 3.31. The molecule has 0 unspecified atom stereocenters. The van der Waals surface area contributed by atoms with Crippen LogP contribution in [0, 0.1) is 0 Å². The van der Waals surface area contributed by atoms with Gasteiger partial charge in [-0.1, -0.05) is 6.07 Å². The van der Waals surface area contributed by atoms with E-state index < -0.39 is 29.3 Å². The Kier molecular flexibility index (Phi) is 8.41. The van der Waals surface area contributed by atoms with E-state index in [9.17, 15) is 24.3 Å². The number of amides is 2. The number of piperidine rings is 1. The third-order valence-corrected chi connectivity index (χ3v) is 9.65. The Morgan fingerprint density at radius 2 is 2.05 bits per heavy atom. The van der Waals surface area contributed by atoms with Crippen molar-refractivity contribution in [2.45, 2.75) is 87.5 Å². The maximum atomic E-state index is 13.1. The number of ether oxygens (including phenoxy) is 2. The van der Waals surface area contributed by atoms with Gasteiger partial charge in [0.05, 0.1) is 17.1 Å². The van der Waals surface area contributed by atoms with Gasteiger partial charge in [0.2, 0.25) is 5.91 Å². The summed E-state index contributed by atoms with van der Waals surface area (Å²) >= 11 is 0. The van der Waals surface area contributed by atoms with Gasteiger partial charge in [-0.25, -0.2) is 4.79 Å². The van der Waals surface area contributed by atoms with Gasteiger partial charge in [0.25, 0.3) is 0 Å². The first-order valence-corrected chi connectivity index (χ1v) is 15.0. The zero-order chi connectivity index (χ0) is 31.1. The first kappa shape index (κ1) is 30.7. The van der Waals surface area contributed by atoms with Gasteiger partial charge in [-0.05, 0) is 63.7 Å². The van der Waals surface area contributed by atoms with Crippen LogP contribution in [0.25, 0.3) is 0 Å². The van der Waals surface area contributed by atoms with E-state index in [1.165, 1.54) is 11.8 Å². The molecule has 2 amide bonds. The number of aliphatic imine (C=N–C) groups is 1. The van der Waals surface area contributed by atoms with Crippen LogP contribution in [-0.2, 0) is 26.2 Å². The van der Waals surface area contributed by atoms with Gasteiger partial charge < -0.3 is 41.2 Å². The van der Waals surface area contributed by atoms with Crippen LogP contribution in [0.15, 0.2) is 17.1 Å². The van der Waals surface area contributed by atoms with Gasteiger partial charge in [0.1, 0.15) is 0 Å². The highest BCUT2D eigenvalue weighted by molar-refractivity contribution is 5.90. The number of rotatable bonds is 11. The first-order valence-electron chi connectivity index (χ1n) is 15.0. The number of carbonyl (C=O) groups is 4. The number of nitrogens with two attached hydrogens (primary N) is 2. The Bertz CT molecular complexity index is 1350. The summed E-state index contributed by atoms with van der Waals surface area (Å²) in [6.07, 6.45) is 1.81. The lowest BCUT2D eigenvalue weighted by Gasteiger charge is -2.62. The van der Waals surface area contributed by atoms with E-state index in [0.29, 0.717) is 50.8 Å². The number of ketones is 2. The van der Waals surface area contributed by atoms with Gasteiger partial charge in [-0.2, -0.15) is 0 Å². The Morgan fingerprint density at radius 3 is 2.77 bits per heavy atom. The standard InChI is InChI=1S/C30H42N6O7/c1-17(37)34-19(6-4-13-33-27(31)32)20(38)7-5-14-36(3)28(40)42-22-9-8-18-16-23-30(41)11-10-21(39)26-29(30,12-15-35(23)2)24(18)25(22)43-26/h8-9,19,23,26,41H,4-7,10-16H2,1-3H3,(H,34,37)(H4,31,32,33)/t19-,23+,26-,29-,30+/m0/s1. The highest BCUT2D eigenvalue weighted by atomic mass is 16.6. The number of likely N-dealkylation sites (tertiary alicyclic amines) is 1. The molecule has 1 aromatic carbocycles. The van der Waals surface area contributed by atoms with Crippen molar-refractivity contribution in [2.75, 3.05) is 33.7 Å².